The largest absolute Gasteiger partial charge is 0.313 e. The molecule has 1 unspecified atom stereocenters. The number of hydrogen-bond donors (Lipinski definition) is 1. The number of nitrogens with one attached hydrogen (secondary N) is 1. The maximum absolute atomic E-state index is 3.75. The first-order chi connectivity index (χ1) is 8.92. The van der Waals surface area contributed by atoms with E-state index < -0.39 is 0 Å². The Bertz CT molecular complexity index is 356. The Morgan fingerprint density at radius 1 is 1.11 bits per heavy atom. The van der Waals surface area contributed by atoms with Gasteiger partial charge in [0.15, 0.2) is 0 Å². The van der Waals surface area contributed by atoms with Crippen LogP contribution in [0, 0.1) is 0 Å². The first kappa shape index (κ1) is 12.9. The molecule has 18 heavy (non-hydrogen) atoms. The SMILES string of the molecule is c1ccc(C2CC(NCC3CSCCS3)C2)cc1. The zero-order valence-corrected chi connectivity index (χ0v) is 12.3. The van der Waals surface area contributed by atoms with E-state index in [9.17, 15) is 0 Å². The van der Waals surface area contributed by atoms with Crippen LogP contribution < -0.4 is 5.32 Å². The standard InChI is InChI=1S/C15H21NS2/c1-2-4-12(5-3-1)13-8-14(9-13)16-10-15-11-17-6-7-18-15/h1-5,13-16H,6-11H2. The molecule has 1 N–H and O–H groups in total. The van der Waals surface area contributed by atoms with E-state index in [1.807, 2.05) is 0 Å². The lowest BCUT2D eigenvalue weighted by atomic mass is 9.76. The third kappa shape index (κ3) is 3.25. The molecule has 2 aliphatic rings. The molecule has 0 bridgehead atoms. The van der Waals surface area contributed by atoms with E-state index >= 15 is 0 Å². The van der Waals surface area contributed by atoms with Gasteiger partial charge in [0.1, 0.15) is 0 Å². The van der Waals surface area contributed by atoms with E-state index in [0.717, 1.165) is 17.2 Å². The van der Waals surface area contributed by atoms with Crippen molar-refractivity contribution in [3.8, 4) is 0 Å². The molecule has 1 aromatic rings. The number of rotatable bonds is 4. The average Bonchev–Trinajstić information content (AvgIpc) is 2.39. The molecule has 1 atom stereocenters. The zero-order chi connectivity index (χ0) is 12.2. The molecule has 0 spiro atoms. The summed E-state index contributed by atoms with van der Waals surface area (Å²) in [6.07, 6.45) is 2.66. The molecule has 1 saturated heterocycles. The molecule has 0 radical (unpaired) electrons. The molecule has 0 amide bonds. The molecule has 1 nitrogen and oxygen atoms in total. The summed E-state index contributed by atoms with van der Waals surface area (Å²) in [5.74, 6) is 4.83. The van der Waals surface area contributed by atoms with Gasteiger partial charge in [0.05, 0.1) is 0 Å². The van der Waals surface area contributed by atoms with Gasteiger partial charge in [-0.25, -0.2) is 0 Å². The summed E-state index contributed by atoms with van der Waals surface area (Å²) in [5, 5.41) is 4.60. The third-order valence-corrected chi connectivity index (χ3v) is 6.77. The second kappa shape index (κ2) is 6.36. The second-order valence-electron chi connectivity index (χ2n) is 5.25. The van der Waals surface area contributed by atoms with Crippen molar-refractivity contribution in [1.82, 2.24) is 5.32 Å². The van der Waals surface area contributed by atoms with Crippen molar-refractivity contribution in [2.45, 2.75) is 30.1 Å². The molecule has 1 heterocycles. The molecule has 1 aliphatic heterocycles. The Kier molecular flexibility index (Phi) is 4.55. The molecule has 1 saturated carbocycles. The lowest BCUT2D eigenvalue weighted by Gasteiger charge is -2.37. The van der Waals surface area contributed by atoms with E-state index in [1.165, 1.54) is 42.2 Å². The molecule has 1 aliphatic carbocycles. The summed E-state index contributed by atoms with van der Waals surface area (Å²) < 4.78 is 0. The smallest absolute Gasteiger partial charge is 0.0263 e. The molecule has 0 aromatic heterocycles. The Labute approximate surface area is 119 Å². The van der Waals surface area contributed by atoms with Crippen molar-refractivity contribution in [2.75, 3.05) is 23.8 Å². The molecular formula is C15H21NS2. The van der Waals surface area contributed by atoms with Crippen LogP contribution in [0.5, 0.6) is 0 Å². The van der Waals surface area contributed by atoms with Gasteiger partial charge in [0.25, 0.3) is 0 Å². The molecule has 1 aromatic carbocycles. The topological polar surface area (TPSA) is 12.0 Å². The van der Waals surface area contributed by atoms with Gasteiger partial charge in [0.2, 0.25) is 0 Å². The van der Waals surface area contributed by atoms with Crippen LogP contribution >= 0.6 is 23.5 Å². The summed E-state index contributed by atoms with van der Waals surface area (Å²) in [5.41, 5.74) is 1.53. The fourth-order valence-corrected chi connectivity index (χ4v) is 5.36. The Balaban J connectivity index is 1.37. The highest BCUT2D eigenvalue weighted by atomic mass is 32.2. The quantitative estimate of drug-likeness (QED) is 0.907. The van der Waals surface area contributed by atoms with E-state index in [1.54, 1.807) is 0 Å². The Morgan fingerprint density at radius 2 is 1.94 bits per heavy atom. The van der Waals surface area contributed by atoms with Gasteiger partial charge >= 0.3 is 0 Å². The van der Waals surface area contributed by atoms with Crippen LogP contribution in [0.1, 0.15) is 24.3 Å². The zero-order valence-electron chi connectivity index (χ0n) is 10.7. The minimum Gasteiger partial charge on any atom is -0.313 e. The van der Waals surface area contributed by atoms with Gasteiger partial charge < -0.3 is 5.32 Å². The van der Waals surface area contributed by atoms with Crippen LogP contribution in [0.3, 0.4) is 0 Å². The van der Waals surface area contributed by atoms with Crippen molar-refractivity contribution >= 4 is 23.5 Å². The maximum atomic E-state index is 3.75. The van der Waals surface area contributed by atoms with Gasteiger partial charge in [-0.1, -0.05) is 30.3 Å². The van der Waals surface area contributed by atoms with Gasteiger partial charge in [-0.2, -0.15) is 23.5 Å². The van der Waals surface area contributed by atoms with Crippen LogP contribution in [-0.4, -0.2) is 35.1 Å². The summed E-state index contributed by atoms with van der Waals surface area (Å²) in [6.45, 7) is 1.21. The summed E-state index contributed by atoms with van der Waals surface area (Å²) >= 11 is 4.27. The second-order valence-corrected chi connectivity index (χ2v) is 7.81. The highest BCUT2D eigenvalue weighted by molar-refractivity contribution is 8.06. The van der Waals surface area contributed by atoms with E-state index in [-0.39, 0.29) is 0 Å². The highest BCUT2D eigenvalue weighted by Crippen LogP contribution is 2.36. The van der Waals surface area contributed by atoms with Crippen LogP contribution in [0.4, 0.5) is 0 Å². The van der Waals surface area contributed by atoms with E-state index in [0.29, 0.717) is 0 Å². The summed E-state index contributed by atoms with van der Waals surface area (Å²) in [6, 6.07) is 11.7. The molecule has 98 valence electrons. The molecule has 2 fully saturated rings. The van der Waals surface area contributed by atoms with Crippen LogP contribution in [0.15, 0.2) is 30.3 Å². The fraction of sp³-hybridized carbons (Fsp3) is 0.600. The predicted molar refractivity (Wildman–Crippen MR) is 83.8 cm³/mol. The minimum atomic E-state index is 0.766. The lowest BCUT2D eigenvalue weighted by molar-refractivity contribution is 0.293. The minimum absolute atomic E-state index is 0.766. The van der Waals surface area contributed by atoms with Crippen molar-refractivity contribution in [3.63, 3.8) is 0 Å². The predicted octanol–water partition coefficient (Wildman–Crippen LogP) is 3.37. The highest BCUT2D eigenvalue weighted by Gasteiger charge is 2.30. The third-order valence-electron chi connectivity index (χ3n) is 3.93. The first-order valence-corrected chi connectivity index (χ1v) is 9.10. The Morgan fingerprint density at radius 3 is 2.67 bits per heavy atom. The molecule has 3 rings (SSSR count). The maximum Gasteiger partial charge on any atom is 0.0263 e. The van der Waals surface area contributed by atoms with Crippen molar-refractivity contribution in [1.29, 1.82) is 0 Å². The fourth-order valence-electron chi connectivity index (χ4n) is 2.73. The van der Waals surface area contributed by atoms with Crippen LogP contribution in [-0.2, 0) is 0 Å². The Hall–Kier alpha value is -0.120. The van der Waals surface area contributed by atoms with Crippen LogP contribution in [0.2, 0.25) is 0 Å². The lowest BCUT2D eigenvalue weighted by Crippen LogP contribution is -2.43. The molecule has 3 heteroatoms. The van der Waals surface area contributed by atoms with Crippen molar-refractivity contribution in [2.24, 2.45) is 0 Å². The average molecular weight is 279 g/mol. The van der Waals surface area contributed by atoms with Gasteiger partial charge in [0, 0.05) is 35.1 Å². The summed E-state index contributed by atoms with van der Waals surface area (Å²) in [7, 11) is 0. The number of thioether (sulfide) groups is 2. The van der Waals surface area contributed by atoms with Gasteiger partial charge in [-0.15, -0.1) is 0 Å². The van der Waals surface area contributed by atoms with Crippen molar-refractivity contribution in [3.05, 3.63) is 35.9 Å². The van der Waals surface area contributed by atoms with Gasteiger partial charge in [-0.3, -0.25) is 0 Å². The van der Waals surface area contributed by atoms with Gasteiger partial charge in [-0.05, 0) is 24.3 Å². The monoisotopic (exact) mass is 279 g/mol. The van der Waals surface area contributed by atoms with Crippen LogP contribution in [0.25, 0.3) is 0 Å². The van der Waals surface area contributed by atoms with E-state index in [4.69, 9.17) is 0 Å². The normalized spacial score (nSPS) is 31.9. The first-order valence-electron chi connectivity index (χ1n) is 6.89. The molecular weight excluding hydrogens is 258 g/mol. The van der Waals surface area contributed by atoms with Crippen molar-refractivity contribution < 1.29 is 0 Å². The number of hydrogen-bond acceptors (Lipinski definition) is 3. The van der Waals surface area contributed by atoms with E-state index in [2.05, 4.69) is 59.2 Å². The summed E-state index contributed by atoms with van der Waals surface area (Å²) in [4.78, 5) is 0. The number of benzene rings is 1.